The van der Waals surface area contributed by atoms with Gasteiger partial charge in [-0.05, 0) is 24.6 Å². The van der Waals surface area contributed by atoms with Crippen LogP contribution in [0.5, 0.6) is 0 Å². The van der Waals surface area contributed by atoms with Gasteiger partial charge < -0.3 is 9.32 Å². The average molecular weight is 321 g/mol. The number of oxazole rings is 1. The summed E-state index contributed by atoms with van der Waals surface area (Å²) in [6.45, 7) is 2.40. The number of benzene rings is 1. The lowest BCUT2D eigenvalue weighted by Gasteiger charge is -2.16. The molecular weight excluding hydrogens is 302 g/mol. The Morgan fingerprint density at radius 1 is 1.17 bits per heavy atom. The number of aryl methyl sites for hydroxylation is 1. The standard InChI is InChI=1S/C19H19N3O2/c1-14-17(21-19(24-14)16-9-6-10-20-12-16)11-18(23)22(2)13-15-7-4-3-5-8-15/h3-10,12H,11,13H2,1-2H3. The maximum absolute atomic E-state index is 12.4. The van der Waals surface area contributed by atoms with Crippen molar-refractivity contribution in [1.82, 2.24) is 14.9 Å². The van der Waals surface area contributed by atoms with Crippen molar-refractivity contribution in [3.63, 3.8) is 0 Å². The molecule has 0 bridgehead atoms. The molecule has 0 aliphatic rings. The van der Waals surface area contributed by atoms with Crippen molar-refractivity contribution in [2.75, 3.05) is 7.05 Å². The predicted octanol–water partition coefficient (Wildman–Crippen LogP) is 3.25. The minimum atomic E-state index is 0.00740. The van der Waals surface area contributed by atoms with Crippen molar-refractivity contribution < 1.29 is 9.21 Å². The monoisotopic (exact) mass is 321 g/mol. The van der Waals surface area contributed by atoms with Gasteiger partial charge in [0.15, 0.2) is 0 Å². The number of hydrogen-bond donors (Lipinski definition) is 0. The van der Waals surface area contributed by atoms with Crippen LogP contribution in [0.15, 0.2) is 59.3 Å². The highest BCUT2D eigenvalue weighted by Crippen LogP contribution is 2.21. The van der Waals surface area contributed by atoms with Crippen LogP contribution in [0, 0.1) is 6.92 Å². The smallest absolute Gasteiger partial charge is 0.228 e. The van der Waals surface area contributed by atoms with Gasteiger partial charge in [-0.25, -0.2) is 4.98 Å². The number of rotatable bonds is 5. The quantitative estimate of drug-likeness (QED) is 0.724. The van der Waals surface area contributed by atoms with E-state index < -0.39 is 0 Å². The molecular formula is C19H19N3O2. The summed E-state index contributed by atoms with van der Waals surface area (Å²) in [7, 11) is 1.80. The molecule has 2 aromatic heterocycles. The molecule has 5 heteroatoms. The maximum Gasteiger partial charge on any atom is 0.228 e. The lowest BCUT2D eigenvalue weighted by molar-refractivity contribution is -0.129. The number of amides is 1. The van der Waals surface area contributed by atoms with Crippen LogP contribution in [0.25, 0.3) is 11.5 Å². The zero-order valence-corrected chi connectivity index (χ0v) is 13.8. The number of hydrogen-bond acceptors (Lipinski definition) is 4. The molecule has 2 heterocycles. The Balaban J connectivity index is 1.69. The Bertz CT molecular complexity index is 813. The van der Waals surface area contributed by atoms with Gasteiger partial charge in [-0.1, -0.05) is 30.3 Å². The fourth-order valence-electron chi connectivity index (χ4n) is 2.43. The first-order valence-corrected chi connectivity index (χ1v) is 7.78. The zero-order chi connectivity index (χ0) is 16.9. The Morgan fingerprint density at radius 2 is 1.96 bits per heavy atom. The van der Waals surface area contributed by atoms with Crippen molar-refractivity contribution in [1.29, 1.82) is 0 Å². The van der Waals surface area contributed by atoms with Gasteiger partial charge in [-0.2, -0.15) is 0 Å². The highest BCUT2D eigenvalue weighted by atomic mass is 16.4. The van der Waals surface area contributed by atoms with E-state index in [1.165, 1.54) is 0 Å². The number of nitrogens with zero attached hydrogens (tertiary/aromatic N) is 3. The highest BCUT2D eigenvalue weighted by Gasteiger charge is 2.17. The largest absolute Gasteiger partial charge is 0.441 e. The van der Waals surface area contributed by atoms with Gasteiger partial charge in [0.25, 0.3) is 0 Å². The van der Waals surface area contributed by atoms with Crippen LogP contribution in [-0.4, -0.2) is 27.8 Å². The van der Waals surface area contributed by atoms with Gasteiger partial charge in [-0.3, -0.25) is 9.78 Å². The summed E-state index contributed by atoms with van der Waals surface area (Å²) in [4.78, 5) is 22.7. The Morgan fingerprint density at radius 3 is 2.67 bits per heavy atom. The topological polar surface area (TPSA) is 59.2 Å². The molecule has 0 spiro atoms. The predicted molar refractivity (Wildman–Crippen MR) is 91.1 cm³/mol. The van der Waals surface area contributed by atoms with Gasteiger partial charge in [0.2, 0.25) is 11.8 Å². The molecule has 0 radical (unpaired) electrons. The fourth-order valence-corrected chi connectivity index (χ4v) is 2.43. The molecule has 3 aromatic rings. The molecule has 0 saturated heterocycles. The second-order valence-corrected chi connectivity index (χ2v) is 5.68. The molecule has 0 fully saturated rings. The first-order valence-electron chi connectivity index (χ1n) is 7.78. The molecule has 0 atom stereocenters. The number of carbonyl (C=O) groups excluding carboxylic acids is 1. The van der Waals surface area contributed by atoms with E-state index in [9.17, 15) is 4.79 Å². The van der Waals surface area contributed by atoms with Crippen molar-refractivity contribution in [3.05, 3.63) is 71.9 Å². The molecule has 0 aliphatic heterocycles. The summed E-state index contributed by atoms with van der Waals surface area (Å²) in [6, 6.07) is 13.6. The fraction of sp³-hybridized carbons (Fsp3) is 0.211. The van der Waals surface area contributed by atoms with Gasteiger partial charge in [-0.15, -0.1) is 0 Å². The van der Waals surface area contributed by atoms with E-state index >= 15 is 0 Å². The van der Waals surface area contributed by atoms with Crippen LogP contribution >= 0.6 is 0 Å². The summed E-state index contributed by atoms with van der Waals surface area (Å²) in [5, 5.41) is 0. The Hall–Kier alpha value is -2.95. The molecule has 24 heavy (non-hydrogen) atoms. The summed E-state index contributed by atoms with van der Waals surface area (Å²) < 4.78 is 5.68. The van der Waals surface area contributed by atoms with E-state index in [1.54, 1.807) is 24.3 Å². The van der Waals surface area contributed by atoms with Gasteiger partial charge in [0.05, 0.1) is 17.7 Å². The zero-order valence-electron chi connectivity index (χ0n) is 13.8. The van der Waals surface area contributed by atoms with Gasteiger partial charge >= 0.3 is 0 Å². The van der Waals surface area contributed by atoms with Crippen LogP contribution in [0.3, 0.4) is 0 Å². The second kappa shape index (κ2) is 7.08. The third kappa shape index (κ3) is 3.68. The lowest BCUT2D eigenvalue weighted by Crippen LogP contribution is -2.28. The molecule has 0 N–H and O–H groups in total. The van der Waals surface area contributed by atoms with Crippen molar-refractivity contribution >= 4 is 5.91 Å². The molecule has 0 aliphatic carbocycles. The van der Waals surface area contributed by atoms with Crippen LogP contribution in [-0.2, 0) is 17.8 Å². The van der Waals surface area contributed by atoms with Crippen LogP contribution in [0.4, 0.5) is 0 Å². The molecule has 3 rings (SSSR count). The van der Waals surface area contributed by atoms with Gasteiger partial charge in [0, 0.05) is 26.0 Å². The second-order valence-electron chi connectivity index (χ2n) is 5.68. The minimum absolute atomic E-state index is 0.00740. The normalized spacial score (nSPS) is 10.6. The van der Waals surface area contributed by atoms with Crippen molar-refractivity contribution in [3.8, 4) is 11.5 Å². The Kier molecular flexibility index (Phi) is 4.70. The maximum atomic E-state index is 12.4. The molecule has 5 nitrogen and oxygen atoms in total. The highest BCUT2D eigenvalue weighted by molar-refractivity contribution is 5.78. The minimum Gasteiger partial charge on any atom is -0.441 e. The van der Waals surface area contributed by atoms with Crippen molar-refractivity contribution in [2.24, 2.45) is 0 Å². The van der Waals surface area contributed by atoms with E-state index in [0.717, 1.165) is 11.1 Å². The number of likely N-dealkylation sites (N-methyl/N-ethyl adjacent to an activating group) is 1. The summed E-state index contributed by atoms with van der Waals surface area (Å²) in [5.74, 6) is 1.16. The van der Waals surface area contributed by atoms with E-state index in [-0.39, 0.29) is 12.3 Å². The molecule has 0 saturated carbocycles. The van der Waals surface area contributed by atoms with Crippen LogP contribution in [0.1, 0.15) is 17.0 Å². The van der Waals surface area contributed by atoms with E-state index in [1.807, 2.05) is 49.4 Å². The summed E-state index contributed by atoms with van der Waals surface area (Å²) >= 11 is 0. The van der Waals surface area contributed by atoms with E-state index in [0.29, 0.717) is 23.9 Å². The number of aromatic nitrogens is 2. The van der Waals surface area contributed by atoms with Crippen LogP contribution in [0.2, 0.25) is 0 Å². The average Bonchev–Trinajstić information content (AvgIpc) is 2.97. The SMILES string of the molecule is Cc1oc(-c2cccnc2)nc1CC(=O)N(C)Cc1ccccc1. The van der Waals surface area contributed by atoms with E-state index in [2.05, 4.69) is 9.97 Å². The molecule has 1 aromatic carbocycles. The third-order valence-corrected chi connectivity index (χ3v) is 3.81. The lowest BCUT2D eigenvalue weighted by atomic mass is 10.2. The third-order valence-electron chi connectivity index (χ3n) is 3.81. The first kappa shape index (κ1) is 15.9. The number of carbonyl (C=O) groups is 1. The molecule has 0 unspecified atom stereocenters. The van der Waals surface area contributed by atoms with E-state index in [4.69, 9.17) is 4.42 Å². The Labute approximate surface area is 141 Å². The van der Waals surface area contributed by atoms with Crippen molar-refractivity contribution in [2.45, 2.75) is 19.9 Å². The van der Waals surface area contributed by atoms with Crippen LogP contribution < -0.4 is 0 Å². The number of pyridine rings is 1. The molecule has 122 valence electrons. The molecule has 1 amide bonds. The first-order chi connectivity index (χ1) is 11.6. The van der Waals surface area contributed by atoms with Gasteiger partial charge in [0.1, 0.15) is 5.76 Å². The summed E-state index contributed by atoms with van der Waals surface area (Å²) in [5.41, 5.74) is 2.57. The summed E-state index contributed by atoms with van der Waals surface area (Å²) in [6.07, 6.45) is 3.61.